The van der Waals surface area contributed by atoms with Gasteiger partial charge in [-0.15, -0.1) is 0 Å². The fourth-order valence-corrected chi connectivity index (χ4v) is 3.08. The summed E-state index contributed by atoms with van der Waals surface area (Å²) < 4.78 is 2.01. The molecule has 4 nitrogen and oxygen atoms in total. The van der Waals surface area contributed by atoms with Gasteiger partial charge < -0.3 is 5.32 Å². The van der Waals surface area contributed by atoms with Crippen LogP contribution in [0.3, 0.4) is 0 Å². The lowest BCUT2D eigenvalue weighted by atomic mass is 10.0. The number of nitrogens with one attached hydrogen (secondary N) is 1. The molecule has 0 saturated heterocycles. The van der Waals surface area contributed by atoms with Crippen LogP contribution < -0.4 is 5.32 Å². The van der Waals surface area contributed by atoms with E-state index in [0.29, 0.717) is 6.42 Å². The number of amides is 1. The Morgan fingerprint density at radius 3 is 2.80 bits per heavy atom. The molecule has 2 rings (SSSR count). The third-order valence-corrected chi connectivity index (χ3v) is 4.23. The Labute approximate surface area is 121 Å². The minimum Gasteiger partial charge on any atom is -0.356 e. The summed E-state index contributed by atoms with van der Waals surface area (Å²) in [5.74, 6) is 1.01. The van der Waals surface area contributed by atoms with E-state index in [1.54, 1.807) is 0 Å². The zero-order chi connectivity index (χ0) is 14.4. The maximum atomic E-state index is 11.7. The molecule has 0 bridgehead atoms. The lowest BCUT2D eigenvalue weighted by molar-refractivity contribution is -0.121. The van der Waals surface area contributed by atoms with Crippen molar-refractivity contribution in [2.45, 2.75) is 65.3 Å². The highest BCUT2D eigenvalue weighted by atomic mass is 16.1. The molecule has 0 radical (unpaired) electrons. The highest BCUT2D eigenvalue weighted by molar-refractivity contribution is 5.75. The van der Waals surface area contributed by atoms with Crippen LogP contribution in [0.15, 0.2) is 6.07 Å². The van der Waals surface area contributed by atoms with Gasteiger partial charge in [0, 0.05) is 25.2 Å². The average molecular weight is 277 g/mol. The molecule has 0 spiro atoms. The second-order valence-corrected chi connectivity index (χ2v) is 6.04. The molecule has 1 aromatic heterocycles. The van der Waals surface area contributed by atoms with Gasteiger partial charge in [-0.2, -0.15) is 5.10 Å². The zero-order valence-corrected chi connectivity index (χ0v) is 12.8. The zero-order valence-electron chi connectivity index (χ0n) is 12.8. The van der Waals surface area contributed by atoms with Crippen molar-refractivity contribution < 1.29 is 4.79 Å². The molecule has 0 atom stereocenters. The number of rotatable bonds is 7. The number of hydrogen-bond donors (Lipinski definition) is 1. The Balaban J connectivity index is 1.56. The van der Waals surface area contributed by atoms with Gasteiger partial charge in [-0.25, -0.2) is 0 Å². The van der Waals surface area contributed by atoms with Crippen molar-refractivity contribution in [2.24, 2.45) is 5.92 Å². The lowest BCUT2D eigenvalue weighted by Gasteiger charge is -2.09. The Morgan fingerprint density at radius 2 is 2.15 bits per heavy atom. The fraction of sp³-hybridized carbons (Fsp3) is 0.750. The Hall–Kier alpha value is -1.32. The summed E-state index contributed by atoms with van der Waals surface area (Å²) in [6.45, 7) is 5.71. The minimum atomic E-state index is 0.213. The standard InChI is InChI=1S/C16H27N3O/c1-13-12-14(2)19(18-13)11-5-10-17-16(20)9-8-15-6-3-4-7-15/h12,15H,3-11H2,1-2H3,(H,17,20). The minimum absolute atomic E-state index is 0.213. The summed E-state index contributed by atoms with van der Waals surface area (Å²) in [4.78, 5) is 11.7. The summed E-state index contributed by atoms with van der Waals surface area (Å²) in [6.07, 6.45) is 8.07. The van der Waals surface area contributed by atoms with Crippen molar-refractivity contribution >= 4 is 5.91 Å². The molecular weight excluding hydrogens is 250 g/mol. The first kappa shape index (κ1) is 15.1. The quantitative estimate of drug-likeness (QED) is 0.779. The van der Waals surface area contributed by atoms with Crippen LogP contribution >= 0.6 is 0 Å². The number of carbonyl (C=O) groups excluding carboxylic acids is 1. The molecule has 20 heavy (non-hydrogen) atoms. The van der Waals surface area contributed by atoms with E-state index >= 15 is 0 Å². The van der Waals surface area contributed by atoms with Gasteiger partial charge in [0.2, 0.25) is 5.91 Å². The van der Waals surface area contributed by atoms with Crippen LogP contribution in [0.1, 0.15) is 56.3 Å². The first-order chi connectivity index (χ1) is 9.65. The van der Waals surface area contributed by atoms with Crippen LogP contribution in [0.5, 0.6) is 0 Å². The molecule has 0 aromatic carbocycles. The fourth-order valence-electron chi connectivity index (χ4n) is 3.08. The molecule has 1 aromatic rings. The van der Waals surface area contributed by atoms with Crippen molar-refractivity contribution in [1.29, 1.82) is 0 Å². The number of aromatic nitrogens is 2. The molecule has 0 aliphatic heterocycles. The van der Waals surface area contributed by atoms with Gasteiger partial charge in [-0.1, -0.05) is 25.7 Å². The molecule has 1 aliphatic carbocycles. The van der Waals surface area contributed by atoms with E-state index in [0.717, 1.165) is 37.5 Å². The molecule has 1 aliphatic rings. The van der Waals surface area contributed by atoms with Gasteiger partial charge in [-0.3, -0.25) is 9.48 Å². The molecule has 1 amide bonds. The summed E-state index contributed by atoms with van der Waals surface area (Å²) in [7, 11) is 0. The van der Waals surface area contributed by atoms with E-state index < -0.39 is 0 Å². The molecule has 1 saturated carbocycles. The van der Waals surface area contributed by atoms with Crippen LogP contribution in [0.4, 0.5) is 0 Å². The smallest absolute Gasteiger partial charge is 0.220 e. The maximum Gasteiger partial charge on any atom is 0.220 e. The van der Waals surface area contributed by atoms with Gasteiger partial charge in [-0.05, 0) is 38.7 Å². The van der Waals surface area contributed by atoms with Crippen molar-refractivity contribution in [3.8, 4) is 0 Å². The predicted octanol–water partition coefficient (Wildman–Crippen LogP) is 2.98. The third kappa shape index (κ3) is 4.66. The normalized spacial score (nSPS) is 15.7. The maximum absolute atomic E-state index is 11.7. The van der Waals surface area contributed by atoms with Crippen LogP contribution in [-0.2, 0) is 11.3 Å². The van der Waals surface area contributed by atoms with Crippen LogP contribution in [-0.4, -0.2) is 22.2 Å². The van der Waals surface area contributed by atoms with E-state index in [9.17, 15) is 4.79 Å². The average Bonchev–Trinajstić information content (AvgIpc) is 3.02. The summed E-state index contributed by atoms with van der Waals surface area (Å²) >= 11 is 0. The van der Waals surface area contributed by atoms with E-state index in [-0.39, 0.29) is 5.91 Å². The summed E-state index contributed by atoms with van der Waals surface area (Å²) in [6, 6.07) is 2.08. The molecule has 1 N–H and O–H groups in total. The second kappa shape index (κ2) is 7.46. The predicted molar refractivity (Wildman–Crippen MR) is 80.5 cm³/mol. The molecule has 0 unspecified atom stereocenters. The van der Waals surface area contributed by atoms with Gasteiger partial charge in [0.25, 0.3) is 0 Å². The Bertz CT molecular complexity index is 433. The van der Waals surface area contributed by atoms with Gasteiger partial charge in [0.05, 0.1) is 5.69 Å². The van der Waals surface area contributed by atoms with Gasteiger partial charge in [0.1, 0.15) is 0 Å². The monoisotopic (exact) mass is 277 g/mol. The molecular formula is C16H27N3O. The number of carbonyl (C=O) groups is 1. The van der Waals surface area contributed by atoms with Crippen molar-refractivity contribution in [3.63, 3.8) is 0 Å². The van der Waals surface area contributed by atoms with Crippen LogP contribution in [0.2, 0.25) is 0 Å². The SMILES string of the molecule is Cc1cc(C)n(CCCNC(=O)CCC2CCCC2)n1. The first-order valence-corrected chi connectivity index (χ1v) is 7.93. The number of hydrogen-bond acceptors (Lipinski definition) is 2. The molecule has 112 valence electrons. The summed E-state index contributed by atoms with van der Waals surface area (Å²) in [5.41, 5.74) is 2.25. The van der Waals surface area contributed by atoms with Gasteiger partial charge >= 0.3 is 0 Å². The van der Waals surface area contributed by atoms with E-state index in [1.165, 1.54) is 31.4 Å². The first-order valence-electron chi connectivity index (χ1n) is 7.93. The topological polar surface area (TPSA) is 46.9 Å². The molecule has 1 fully saturated rings. The van der Waals surface area contributed by atoms with Crippen LogP contribution in [0, 0.1) is 19.8 Å². The highest BCUT2D eigenvalue weighted by Gasteiger charge is 2.15. The van der Waals surface area contributed by atoms with E-state index in [1.807, 2.05) is 11.6 Å². The third-order valence-electron chi connectivity index (χ3n) is 4.23. The van der Waals surface area contributed by atoms with Crippen molar-refractivity contribution in [2.75, 3.05) is 6.54 Å². The Morgan fingerprint density at radius 1 is 1.40 bits per heavy atom. The second-order valence-electron chi connectivity index (χ2n) is 6.04. The summed E-state index contributed by atoms with van der Waals surface area (Å²) in [5, 5.41) is 7.44. The Kier molecular flexibility index (Phi) is 5.62. The lowest BCUT2D eigenvalue weighted by Crippen LogP contribution is -2.25. The van der Waals surface area contributed by atoms with E-state index in [2.05, 4.69) is 23.4 Å². The highest BCUT2D eigenvalue weighted by Crippen LogP contribution is 2.28. The van der Waals surface area contributed by atoms with Crippen molar-refractivity contribution in [3.05, 3.63) is 17.5 Å². The number of aryl methyl sites for hydroxylation is 3. The van der Waals surface area contributed by atoms with Crippen LogP contribution in [0.25, 0.3) is 0 Å². The largest absolute Gasteiger partial charge is 0.356 e. The van der Waals surface area contributed by atoms with Crippen molar-refractivity contribution in [1.82, 2.24) is 15.1 Å². The molecule has 1 heterocycles. The number of nitrogens with zero attached hydrogens (tertiary/aromatic N) is 2. The van der Waals surface area contributed by atoms with E-state index in [4.69, 9.17) is 0 Å². The molecule has 4 heteroatoms. The van der Waals surface area contributed by atoms with Gasteiger partial charge in [0.15, 0.2) is 0 Å².